The van der Waals surface area contributed by atoms with Gasteiger partial charge in [-0.25, -0.2) is 4.39 Å². The number of fused-ring (bicyclic) bond motifs is 1. The van der Waals surface area contributed by atoms with Crippen molar-refractivity contribution in [2.24, 2.45) is 0 Å². The topological polar surface area (TPSA) is 37.3 Å². The van der Waals surface area contributed by atoms with Crippen LogP contribution in [0, 0.1) is 12.7 Å². The van der Waals surface area contributed by atoms with E-state index in [0.717, 1.165) is 48.2 Å². The Morgan fingerprint density at radius 3 is 2.44 bits per heavy atom. The number of halogens is 1. The van der Waals surface area contributed by atoms with Crippen molar-refractivity contribution >= 4 is 16.8 Å². The predicted molar refractivity (Wildman–Crippen MR) is 144 cm³/mol. The molecule has 0 radical (unpaired) electrons. The molecule has 1 amide bonds. The van der Waals surface area contributed by atoms with Crippen LogP contribution in [0.2, 0.25) is 0 Å². The van der Waals surface area contributed by atoms with Gasteiger partial charge in [-0.1, -0.05) is 60.2 Å². The summed E-state index contributed by atoms with van der Waals surface area (Å²) >= 11 is 0. The molecule has 0 spiro atoms. The first-order valence-corrected chi connectivity index (χ1v) is 12.9. The first-order valence-electron chi connectivity index (χ1n) is 12.9. The van der Waals surface area contributed by atoms with Crippen LogP contribution in [0.25, 0.3) is 10.9 Å². The number of aryl methyl sites for hydroxylation is 1. The fourth-order valence-corrected chi connectivity index (χ4v) is 5.29. The minimum absolute atomic E-state index is 0.0267. The van der Waals surface area contributed by atoms with E-state index in [1.165, 1.54) is 36.1 Å². The van der Waals surface area contributed by atoms with Gasteiger partial charge < -0.3 is 14.8 Å². The van der Waals surface area contributed by atoms with Gasteiger partial charge in [-0.3, -0.25) is 4.79 Å². The third kappa shape index (κ3) is 5.68. The van der Waals surface area contributed by atoms with E-state index in [1.54, 1.807) is 0 Å². The number of likely N-dealkylation sites (tertiary alicyclic amines) is 1. The molecule has 1 aliphatic heterocycles. The minimum Gasteiger partial charge on any atom is -0.355 e. The zero-order chi connectivity index (χ0) is 24.9. The highest BCUT2D eigenvalue weighted by Crippen LogP contribution is 2.35. The van der Waals surface area contributed by atoms with E-state index in [9.17, 15) is 9.18 Å². The van der Waals surface area contributed by atoms with Crippen LogP contribution >= 0.6 is 0 Å². The van der Waals surface area contributed by atoms with Crippen LogP contribution in [0.5, 0.6) is 0 Å². The van der Waals surface area contributed by atoms with E-state index in [2.05, 4.69) is 70.4 Å². The highest BCUT2D eigenvalue weighted by atomic mass is 19.1. The van der Waals surface area contributed by atoms with Gasteiger partial charge in [0.05, 0.1) is 0 Å². The Labute approximate surface area is 212 Å². The van der Waals surface area contributed by atoms with Gasteiger partial charge in [0.2, 0.25) is 5.91 Å². The van der Waals surface area contributed by atoms with Crippen molar-refractivity contribution in [3.8, 4) is 0 Å². The molecule has 4 nitrogen and oxygen atoms in total. The maximum Gasteiger partial charge on any atom is 0.220 e. The summed E-state index contributed by atoms with van der Waals surface area (Å²) in [4.78, 5) is 15.5. The summed E-state index contributed by atoms with van der Waals surface area (Å²) in [5.74, 6) is -0.408. The van der Waals surface area contributed by atoms with E-state index in [-0.39, 0.29) is 17.6 Å². The zero-order valence-corrected chi connectivity index (χ0v) is 20.9. The second-order valence-electron chi connectivity index (χ2n) is 9.92. The van der Waals surface area contributed by atoms with E-state index in [4.69, 9.17) is 0 Å². The normalized spacial score (nSPS) is 14.8. The fourth-order valence-electron chi connectivity index (χ4n) is 5.29. The molecule has 36 heavy (non-hydrogen) atoms. The Morgan fingerprint density at radius 1 is 0.972 bits per heavy atom. The van der Waals surface area contributed by atoms with Gasteiger partial charge in [0.25, 0.3) is 0 Å². The lowest BCUT2D eigenvalue weighted by Gasteiger charge is -2.19. The summed E-state index contributed by atoms with van der Waals surface area (Å²) in [7, 11) is 0. The van der Waals surface area contributed by atoms with Crippen LogP contribution in [0.3, 0.4) is 0 Å². The third-order valence-corrected chi connectivity index (χ3v) is 7.28. The van der Waals surface area contributed by atoms with E-state index in [1.807, 2.05) is 18.2 Å². The van der Waals surface area contributed by atoms with E-state index < -0.39 is 0 Å². The molecule has 1 fully saturated rings. The first-order chi connectivity index (χ1) is 17.6. The Hall–Kier alpha value is -3.44. The number of nitrogens with zero attached hydrogens (tertiary/aromatic N) is 2. The lowest BCUT2D eigenvalue weighted by molar-refractivity contribution is -0.121. The average molecular weight is 484 g/mol. The van der Waals surface area contributed by atoms with Crippen molar-refractivity contribution < 1.29 is 9.18 Å². The zero-order valence-electron chi connectivity index (χ0n) is 20.9. The van der Waals surface area contributed by atoms with Crippen molar-refractivity contribution in [3.63, 3.8) is 0 Å². The molecule has 5 heteroatoms. The summed E-state index contributed by atoms with van der Waals surface area (Å²) < 4.78 is 16.0. The summed E-state index contributed by atoms with van der Waals surface area (Å²) in [5.41, 5.74) is 5.65. The molecule has 1 atom stereocenters. The van der Waals surface area contributed by atoms with Crippen LogP contribution in [-0.4, -0.2) is 41.6 Å². The second kappa shape index (κ2) is 11.1. The molecule has 5 rings (SSSR count). The molecule has 1 aromatic heterocycles. The molecular weight excluding hydrogens is 449 g/mol. The number of rotatable bonds is 9. The molecule has 0 unspecified atom stereocenters. The van der Waals surface area contributed by atoms with E-state index in [0.29, 0.717) is 13.0 Å². The van der Waals surface area contributed by atoms with Crippen molar-refractivity contribution in [1.29, 1.82) is 0 Å². The number of carbonyl (C=O) groups is 1. The quantitative estimate of drug-likeness (QED) is 0.323. The number of aromatic nitrogens is 1. The molecule has 0 saturated carbocycles. The number of nitrogens with one attached hydrogen (secondary N) is 1. The van der Waals surface area contributed by atoms with Crippen molar-refractivity contribution in [3.05, 3.63) is 107 Å². The third-order valence-electron chi connectivity index (χ3n) is 7.28. The van der Waals surface area contributed by atoms with Gasteiger partial charge >= 0.3 is 0 Å². The summed E-state index contributed by atoms with van der Waals surface area (Å²) in [6.45, 7) is 6.63. The van der Waals surface area contributed by atoms with Crippen LogP contribution < -0.4 is 5.32 Å². The summed E-state index contributed by atoms with van der Waals surface area (Å²) in [6, 6.07) is 23.5. The van der Waals surface area contributed by atoms with Gasteiger partial charge in [-0.2, -0.15) is 0 Å². The Balaban J connectivity index is 1.43. The number of carbonyl (C=O) groups excluding carboxylic acids is 1. The number of hydrogen-bond donors (Lipinski definition) is 1. The van der Waals surface area contributed by atoms with E-state index >= 15 is 0 Å². The fraction of sp³-hybridized carbons (Fsp3) is 0.323. The molecule has 1 N–H and O–H groups in total. The standard InChI is InChI=1S/C31H34FN3O/c1-23-8-10-24(11-9-23)21-35-22-29(27-6-2-3-7-30(27)35)28(25-12-14-26(32)15-13-25)20-31(36)33-16-19-34-17-4-5-18-34/h2-3,6-15,22,28H,4-5,16-21H2,1H3,(H,33,36)/t28-/m1/s1. The van der Waals surface area contributed by atoms with Gasteiger partial charge in [-0.05, 0) is 67.7 Å². The van der Waals surface area contributed by atoms with Crippen LogP contribution in [0.4, 0.5) is 4.39 Å². The molecule has 2 heterocycles. The maximum absolute atomic E-state index is 13.8. The maximum atomic E-state index is 13.8. The van der Waals surface area contributed by atoms with Gasteiger partial charge in [0.1, 0.15) is 5.82 Å². The predicted octanol–water partition coefficient (Wildman–Crippen LogP) is 5.87. The highest BCUT2D eigenvalue weighted by molar-refractivity contribution is 5.86. The Kier molecular flexibility index (Phi) is 7.47. The average Bonchev–Trinajstić information content (AvgIpc) is 3.53. The van der Waals surface area contributed by atoms with Crippen molar-refractivity contribution in [2.75, 3.05) is 26.2 Å². The molecule has 3 aromatic carbocycles. The molecule has 1 saturated heterocycles. The summed E-state index contributed by atoms with van der Waals surface area (Å²) in [6.07, 6.45) is 4.99. The minimum atomic E-state index is -0.269. The van der Waals surface area contributed by atoms with Crippen LogP contribution in [-0.2, 0) is 11.3 Å². The number of amides is 1. The highest BCUT2D eigenvalue weighted by Gasteiger charge is 2.23. The van der Waals surface area contributed by atoms with Crippen molar-refractivity contribution in [2.45, 2.75) is 38.6 Å². The van der Waals surface area contributed by atoms with Crippen LogP contribution in [0.1, 0.15) is 47.4 Å². The number of hydrogen-bond acceptors (Lipinski definition) is 2. The van der Waals surface area contributed by atoms with Gasteiger partial charge in [-0.15, -0.1) is 0 Å². The number of para-hydroxylation sites is 1. The molecule has 1 aliphatic rings. The lowest BCUT2D eigenvalue weighted by Crippen LogP contribution is -2.34. The van der Waals surface area contributed by atoms with Crippen LogP contribution in [0.15, 0.2) is 79.0 Å². The molecule has 0 aliphatic carbocycles. The first kappa shape index (κ1) is 24.3. The Bertz CT molecular complexity index is 1300. The molecule has 0 bridgehead atoms. The smallest absolute Gasteiger partial charge is 0.220 e. The lowest BCUT2D eigenvalue weighted by atomic mass is 9.88. The SMILES string of the molecule is Cc1ccc(Cn2cc([C@H](CC(=O)NCCN3CCCC3)c3ccc(F)cc3)c3ccccc32)cc1. The Morgan fingerprint density at radius 2 is 1.69 bits per heavy atom. The molecule has 4 aromatic rings. The monoisotopic (exact) mass is 483 g/mol. The van der Waals surface area contributed by atoms with Gasteiger partial charge in [0.15, 0.2) is 0 Å². The van der Waals surface area contributed by atoms with Crippen molar-refractivity contribution in [1.82, 2.24) is 14.8 Å². The van der Waals surface area contributed by atoms with Gasteiger partial charge in [0, 0.05) is 49.1 Å². The molecular formula is C31H34FN3O. The number of benzene rings is 3. The summed E-state index contributed by atoms with van der Waals surface area (Å²) in [5, 5.41) is 4.26. The second-order valence-corrected chi connectivity index (χ2v) is 9.92. The largest absolute Gasteiger partial charge is 0.355 e. The molecule has 186 valence electrons.